The molecule has 12 heavy (non-hydrogen) atoms. The number of hydrogen-bond donors (Lipinski definition) is 1. The highest BCUT2D eigenvalue weighted by molar-refractivity contribution is 5.65. The van der Waals surface area contributed by atoms with E-state index in [1.165, 1.54) is 0 Å². The fourth-order valence-corrected chi connectivity index (χ4v) is 0.818. The zero-order valence-corrected chi connectivity index (χ0v) is 7.41. The van der Waals surface area contributed by atoms with Crippen LogP contribution in [0.5, 0.6) is 0 Å². The van der Waals surface area contributed by atoms with Crippen LogP contribution >= 0.6 is 0 Å². The van der Waals surface area contributed by atoms with Gasteiger partial charge >= 0.3 is 0 Å². The van der Waals surface area contributed by atoms with Crippen LogP contribution < -0.4 is 5.32 Å². The van der Waals surface area contributed by atoms with Crippen LogP contribution in [0.15, 0.2) is 16.9 Å². The molecule has 0 saturated carbocycles. The predicted octanol–water partition coefficient (Wildman–Crippen LogP) is 0.511. The van der Waals surface area contributed by atoms with Crippen LogP contribution in [-0.4, -0.2) is 32.8 Å². The molecular formula is C8H14N2O2. The molecule has 1 aliphatic rings. The van der Waals surface area contributed by atoms with E-state index in [-0.39, 0.29) is 6.23 Å². The van der Waals surface area contributed by atoms with E-state index in [1.807, 2.05) is 13.1 Å². The molecule has 1 rings (SSSR count). The Kier molecular flexibility index (Phi) is 3.76. The Morgan fingerprint density at radius 2 is 2.42 bits per heavy atom. The smallest absolute Gasteiger partial charge is 0.163 e. The van der Waals surface area contributed by atoms with Gasteiger partial charge in [0.15, 0.2) is 6.23 Å². The summed E-state index contributed by atoms with van der Waals surface area (Å²) >= 11 is 0. The van der Waals surface area contributed by atoms with Gasteiger partial charge in [0.25, 0.3) is 0 Å². The predicted molar refractivity (Wildman–Crippen MR) is 47.0 cm³/mol. The second-order valence-corrected chi connectivity index (χ2v) is 2.51. The van der Waals surface area contributed by atoms with Crippen LogP contribution in [-0.2, 0) is 9.47 Å². The molecule has 1 unspecified atom stereocenters. The number of hydrogen-bond acceptors (Lipinski definition) is 4. The van der Waals surface area contributed by atoms with E-state index in [2.05, 4.69) is 10.3 Å². The van der Waals surface area contributed by atoms with Gasteiger partial charge in [-0.25, -0.2) is 0 Å². The normalized spacial score (nSPS) is 21.8. The monoisotopic (exact) mass is 170 g/mol. The van der Waals surface area contributed by atoms with E-state index in [0.29, 0.717) is 13.2 Å². The highest BCUT2D eigenvalue weighted by Gasteiger charge is 2.05. The van der Waals surface area contributed by atoms with Gasteiger partial charge in [0.2, 0.25) is 0 Å². The number of rotatable bonds is 4. The summed E-state index contributed by atoms with van der Waals surface area (Å²) in [6.45, 7) is 3.11. The zero-order chi connectivity index (χ0) is 8.81. The lowest BCUT2D eigenvalue weighted by atomic mass is 10.4. The molecule has 0 aromatic carbocycles. The van der Waals surface area contributed by atoms with Gasteiger partial charge in [0.05, 0.1) is 25.1 Å². The van der Waals surface area contributed by atoms with Gasteiger partial charge < -0.3 is 14.8 Å². The summed E-state index contributed by atoms with van der Waals surface area (Å²) in [5.74, 6) is 0. The van der Waals surface area contributed by atoms with Crippen molar-refractivity contribution < 1.29 is 9.47 Å². The van der Waals surface area contributed by atoms with E-state index in [1.54, 1.807) is 13.3 Å². The Morgan fingerprint density at radius 1 is 1.58 bits per heavy atom. The van der Waals surface area contributed by atoms with Gasteiger partial charge in [0, 0.05) is 13.3 Å². The Hall–Kier alpha value is -0.870. The fourth-order valence-electron chi connectivity index (χ4n) is 0.818. The van der Waals surface area contributed by atoms with E-state index >= 15 is 0 Å². The van der Waals surface area contributed by atoms with Crippen molar-refractivity contribution in [2.45, 2.75) is 13.2 Å². The molecule has 0 fully saturated rings. The number of nitrogens with one attached hydrogen (secondary N) is 1. The minimum Gasteiger partial charge on any atom is -0.382 e. The third kappa shape index (κ3) is 3.02. The number of aliphatic imine (C=N–C) groups is 1. The first-order chi connectivity index (χ1) is 5.83. The van der Waals surface area contributed by atoms with Crippen molar-refractivity contribution in [2.75, 3.05) is 20.3 Å². The number of ether oxygens (including phenoxy) is 2. The maximum Gasteiger partial charge on any atom is 0.163 e. The van der Waals surface area contributed by atoms with Crippen LogP contribution in [0.1, 0.15) is 6.92 Å². The molecule has 0 amide bonds. The first kappa shape index (κ1) is 9.22. The van der Waals surface area contributed by atoms with Gasteiger partial charge in [-0.05, 0) is 6.92 Å². The second-order valence-electron chi connectivity index (χ2n) is 2.51. The number of nitrogens with zero attached hydrogens (tertiary/aromatic N) is 1. The molecule has 4 heteroatoms. The number of allylic oxidation sites excluding steroid dienone is 1. The summed E-state index contributed by atoms with van der Waals surface area (Å²) in [4.78, 5) is 4.10. The van der Waals surface area contributed by atoms with E-state index in [0.717, 1.165) is 5.70 Å². The molecule has 0 radical (unpaired) electrons. The van der Waals surface area contributed by atoms with Crippen LogP contribution in [0.2, 0.25) is 0 Å². The maximum absolute atomic E-state index is 5.34. The molecule has 0 aromatic heterocycles. The summed E-state index contributed by atoms with van der Waals surface area (Å²) in [6, 6.07) is 0. The van der Waals surface area contributed by atoms with Gasteiger partial charge in [0.1, 0.15) is 0 Å². The standard InChI is InChI=1S/C8H14N2O2/c1-7-5-10-8(6-9-7)12-4-3-11-2/h5-6,8,10H,3-4H2,1-2H3. The molecule has 4 nitrogen and oxygen atoms in total. The molecular weight excluding hydrogens is 156 g/mol. The van der Waals surface area contributed by atoms with Crippen LogP contribution in [0, 0.1) is 0 Å². The Bertz CT molecular complexity index is 189. The molecule has 1 N–H and O–H groups in total. The summed E-state index contributed by atoms with van der Waals surface area (Å²) < 4.78 is 10.2. The summed E-state index contributed by atoms with van der Waals surface area (Å²) in [7, 11) is 1.65. The first-order valence-corrected chi connectivity index (χ1v) is 3.90. The second kappa shape index (κ2) is 4.90. The Morgan fingerprint density at radius 3 is 3.00 bits per heavy atom. The topological polar surface area (TPSA) is 42.9 Å². The zero-order valence-electron chi connectivity index (χ0n) is 7.41. The van der Waals surface area contributed by atoms with Crippen LogP contribution in [0.4, 0.5) is 0 Å². The Balaban J connectivity index is 2.16. The van der Waals surface area contributed by atoms with Crippen molar-refractivity contribution in [3.05, 3.63) is 11.9 Å². The quantitative estimate of drug-likeness (QED) is 0.625. The molecule has 0 bridgehead atoms. The van der Waals surface area contributed by atoms with E-state index in [4.69, 9.17) is 9.47 Å². The van der Waals surface area contributed by atoms with Crippen molar-refractivity contribution >= 4 is 6.21 Å². The summed E-state index contributed by atoms with van der Waals surface area (Å²) in [5.41, 5.74) is 0.960. The van der Waals surface area contributed by atoms with Gasteiger partial charge in [-0.15, -0.1) is 0 Å². The maximum atomic E-state index is 5.34. The largest absolute Gasteiger partial charge is 0.382 e. The molecule has 1 aliphatic heterocycles. The van der Waals surface area contributed by atoms with Gasteiger partial charge in [-0.3, -0.25) is 4.99 Å². The Labute approximate surface area is 72.3 Å². The van der Waals surface area contributed by atoms with Crippen molar-refractivity contribution in [3.8, 4) is 0 Å². The van der Waals surface area contributed by atoms with Crippen molar-refractivity contribution in [3.63, 3.8) is 0 Å². The average molecular weight is 170 g/mol. The lowest BCUT2D eigenvalue weighted by Gasteiger charge is -2.16. The molecule has 0 spiro atoms. The molecule has 0 aliphatic carbocycles. The summed E-state index contributed by atoms with van der Waals surface area (Å²) in [5, 5.41) is 3.04. The van der Waals surface area contributed by atoms with Crippen molar-refractivity contribution in [1.29, 1.82) is 0 Å². The molecule has 1 atom stereocenters. The third-order valence-electron chi connectivity index (χ3n) is 1.45. The average Bonchev–Trinajstić information content (AvgIpc) is 2.09. The van der Waals surface area contributed by atoms with Crippen molar-refractivity contribution in [2.24, 2.45) is 4.99 Å². The SMILES string of the molecule is COCCOC1C=NC(C)=CN1. The van der Waals surface area contributed by atoms with Crippen LogP contribution in [0.25, 0.3) is 0 Å². The minimum absolute atomic E-state index is 0.108. The summed E-state index contributed by atoms with van der Waals surface area (Å²) in [6.07, 6.45) is 3.46. The number of methoxy groups -OCH3 is 1. The third-order valence-corrected chi connectivity index (χ3v) is 1.45. The lowest BCUT2D eigenvalue weighted by molar-refractivity contribution is 0.0409. The fraction of sp³-hybridized carbons (Fsp3) is 0.625. The first-order valence-electron chi connectivity index (χ1n) is 3.90. The van der Waals surface area contributed by atoms with E-state index < -0.39 is 0 Å². The molecule has 68 valence electrons. The lowest BCUT2D eigenvalue weighted by Crippen LogP contribution is -2.32. The van der Waals surface area contributed by atoms with Gasteiger partial charge in [-0.2, -0.15) is 0 Å². The molecule has 0 aromatic rings. The van der Waals surface area contributed by atoms with E-state index in [9.17, 15) is 0 Å². The molecule has 1 heterocycles. The van der Waals surface area contributed by atoms with Crippen molar-refractivity contribution in [1.82, 2.24) is 5.32 Å². The minimum atomic E-state index is -0.108. The highest BCUT2D eigenvalue weighted by atomic mass is 16.5. The van der Waals surface area contributed by atoms with Gasteiger partial charge in [-0.1, -0.05) is 0 Å². The van der Waals surface area contributed by atoms with Crippen LogP contribution in [0.3, 0.4) is 0 Å². The highest BCUT2D eigenvalue weighted by Crippen LogP contribution is 1.98. The molecule has 0 saturated heterocycles.